The van der Waals surface area contributed by atoms with Crippen molar-refractivity contribution in [3.63, 3.8) is 0 Å². The van der Waals surface area contributed by atoms with Gasteiger partial charge in [-0.3, -0.25) is 4.79 Å². The van der Waals surface area contributed by atoms with E-state index in [1.165, 1.54) is 25.4 Å². The number of ether oxygens (including phenoxy) is 1. The van der Waals surface area contributed by atoms with Gasteiger partial charge in [-0.2, -0.15) is 13.2 Å². The van der Waals surface area contributed by atoms with E-state index in [2.05, 4.69) is 20.6 Å². The summed E-state index contributed by atoms with van der Waals surface area (Å²) < 4.78 is 42.9. The van der Waals surface area contributed by atoms with Gasteiger partial charge in [0, 0.05) is 18.8 Å². The first-order valence-corrected chi connectivity index (χ1v) is 9.87. The zero-order valence-corrected chi connectivity index (χ0v) is 17.0. The molecule has 3 rings (SSSR count). The number of pyridine rings is 1. The Kier molecular flexibility index (Phi) is 7.09. The van der Waals surface area contributed by atoms with Crippen LogP contribution < -0.4 is 15.2 Å². The molecule has 1 fully saturated rings. The maximum absolute atomic E-state index is 13.0. The second kappa shape index (κ2) is 9.57. The maximum atomic E-state index is 13.0. The molecule has 0 aromatic carbocycles. The average molecular weight is 444 g/mol. The molecule has 1 N–H and O–H groups in total. The van der Waals surface area contributed by atoms with Crippen molar-refractivity contribution in [3.05, 3.63) is 40.7 Å². The highest BCUT2D eigenvalue weighted by atomic mass is 35.5. The Bertz CT molecular complexity index is 873. The van der Waals surface area contributed by atoms with E-state index in [0.717, 1.165) is 37.1 Å². The van der Waals surface area contributed by atoms with Crippen LogP contribution in [0.3, 0.4) is 0 Å². The number of anilines is 1. The van der Waals surface area contributed by atoms with Crippen LogP contribution in [0.1, 0.15) is 53.9 Å². The third-order valence-electron chi connectivity index (χ3n) is 4.82. The van der Waals surface area contributed by atoms with Crippen molar-refractivity contribution >= 4 is 23.3 Å². The molecule has 0 bridgehead atoms. The van der Waals surface area contributed by atoms with Crippen LogP contribution >= 0.6 is 11.6 Å². The first kappa shape index (κ1) is 22.2. The van der Waals surface area contributed by atoms with E-state index < -0.39 is 18.7 Å². The first-order chi connectivity index (χ1) is 14.3. The molecule has 7 nitrogen and oxygen atoms in total. The molecule has 1 saturated carbocycles. The molecule has 0 aliphatic heterocycles. The van der Waals surface area contributed by atoms with Crippen molar-refractivity contribution in [2.45, 2.75) is 44.2 Å². The largest absolute Gasteiger partial charge is 0.468 e. The van der Waals surface area contributed by atoms with Gasteiger partial charge in [0.15, 0.2) is 17.6 Å². The Morgan fingerprint density at radius 2 is 2.00 bits per heavy atom. The minimum absolute atomic E-state index is 0.0133. The normalized spacial score (nSPS) is 15.1. The van der Waals surface area contributed by atoms with Gasteiger partial charge in [-0.25, -0.2) is 15.4 Å². The summed E-state index contributed by atoms with van der Waals surface area (Å²) in [6, 6.07) is 4.56. The van der Waals surface area contributed by atoms with Crippen LogP contribution in [0.4, 0.5) is 19.0 Å². The van der Waals surface area contributed by atoms with Gasteiger partial charge in [-0.05, 0) is 37.0 Å². The highest BCUT2D eigenvalue weighted by Crippen LogP contribution is 2.37. The van der Waals surface area contributed by atoms with Crippen molar-refractivity contribution in [3.8, 4) is 5.88 Å². The van der Waals surface area contributed by atoms with E-state index >= 15 is 0 Å². The summed E-state index contributed by atoms with van der Waals surface area (Å²) in [4.78, 5) is 17.1. The highest BCUT2D eigenvalue weighted by molar-refractivity contribution is 6.29. The van der Waals surface area contributed by atoms with Gasteiger partial charge in [0.2, 0.25) is 5.88 Å². The fraction of sp³-hybridized carbons (Fsp3) is 0.474. The van der Waals surface area contributed by atoms with Crippen molar-refractivity contribution in [2.24, 2.45) is 0 Å². The van der Waals surface area contributed by atoms with E-state index in [9.17, 15) is 18.0 Å². The van der Waals surface area contributed by atoms with Crippen LogP contribution in [-0.2, 0) is 0 Å². The fourth-order valence-corrected chi connectivity index (χ4v) is 3.54. The molecule has 162 valence electrons. The number of nitrogens with one attached hydrogen (secondary N) is 1. The first-order valence-electron chi connectivity index (χ1n) is 9.49. The van der Waals surface area contributed by atoms with Gasteiger partial charge in [0.1, 0.15) is 0 Å². The van der Waals surface area contributed by atoms with Gasteiger partial charge in [-0.15, -0.1) is 10.2 Å². The number of halogens is 4. The van der Waals surface area contributed by atoms with Gasteiger partial charge in [-0.1, -0.05) is 30.9 Å². The minimum Gasteiger partial charge on any atom is -0.468 e. The van der Waals surface area contributed by atoms with Crippen LogP contribution in [0.15, 0.2) is 24.4 Å². The van der Waals surface area contributed by atoms with E-state index in [4.69, 9.17) is 16.3 Å². The van der Waals surface area contributed by atoms with Crippen LogP contribution in [0.25, 0.3) is 0 Å². The number of hydrogen-bond donors (Lipinski definition) is 1. The Morgan fingerprint density at radius 3 is 2.60 bits per heavy atom. The number of carbonyl (C=O) groups excluding carboxylic acids is 1. The lowest BCUT2D eigenvalue weighted by atomic mass is 9.84. The highest BCUT2D eigenvalue weighted by Gasteiger charge is 2.31. The van der Waals surface area contributed by atoms with Crippen molar-refractivity contribution in [2.75, 3.05) is 18.7 Å². The predicted molar refractivity (Wildman–Crippen MR) is 105 cm³/mol. The van der Waals surface area contributed by atoms with E-state index in [0.29, 0.717) is 5.56 Å². The number of nitrogens with zero attached hydrogens (tertiary/aromatic N) is 4. The summed E-state index contributed by atoms with van der Waals surface area (Å²) in [5.74, 6) is -0.372. The predicted octanol–water partition coefficient (Wildman–Crippen LogP) is 4.30. The molecule has 30 heavy (non-hydrogen) atoms. The number of rotatable bonds is 6. The Morgan fingerprint density at radius 1 is 1.27 bits per heavy atom. The number of aromatic nitrogens is 3. The average Bonchev–Trinajstić information content (AvgIpc) is 2.74. The molecule has 1 aliphatic rings. The number of alkyl halides is 3. The minimum atomic E-state index is -4.48. The molecule has 2 heterocycles. The number of hydrazine groups is 1. The zero-order valence-electron chi connectivity index (χ0n) is 16.2. The van der Waals surface area contributed by atoms with Crippen LogP contribution in [0.2, 0.25) is 5.15 Å². The van der Waals surface area contributed by atoms with Crippen LogP contribution in [0.5, 0.6) is 5.88 Å². The summed E-state index contributed by atoms with van der Waals surface area (Å²) in [7, 11) is 1.53. The zero-order chi connectivity index (χ0) is 21.7. The molecule has 2 aromatic heterocycles. The van der Waals surface area contributed by atoms with E-state index in [1.54, 1.807) is 6.07 Å². The molecule has 11 heteroatoms. The van der Waals surface area contributed by atoms with Gasteiger partial charge < -0.3 is 4.74 Å². The molecule has 1 amide bonds. The molecular formula is C19H21ClF3N5O2. The molecule has 0 unspecified atom stereocenters. The fourth-order valence-electron chi connectivity index (χ4n) is 3.44. The lowest BCUT2D eigenvalue weighted by molar-refractivity contribution is -0.154. The second-order valence-corrected chi connectivity index (χ2v) is 7.32. The summed E-state index contributed by atoms with van der Waals surface area (Å²) >= 11 is 5.74. The molecule has 0 atom stereocenters. The monoisotopic (exact) mass is 443 g/mol. The summed E-state index contributed by atoms with van der Waals surface area (Å²) in [5, 5.41) is 8.92. The Labute approximate surface area is 176 Å². The summed E-state index contributed by atoms with van der Waals surface area (Å²) in [5.41, 5.74) is 3.44. The van der Waals surface area contributed by atoms with E-state index in [1.807, 2.05) is 0 Å². The number of hydrogen-bond acceptors (Lipinski definition) is 6. The topological polar surface area (TPSA) is 80.2 Å². The molecule has 0 radical (unpaired) electrons. The summed E-state index contributed by atoms with van der Waals surface area (Å²) in [6.07, 6.45) is 1.34. The van der Waals surface area contributed by atoms with Crippen LogP contribution in [0, 0.1) is 0 Å². The third-order valence-corrected chi connectivity index (χ3v) is 5.02. The lowest BCUT2D eigenvalue weighted by Crippen LogP contribution is -2.41. The quantitative estimate of drug-likeness (QED) is 0.671. The van der Waals surface area contributed by atoms with Gasteiger partial charge >= 0.3 is 6.18 Å². The molecule has 2 aromatic rings. The number of amides is 1. The number of carbonyl (C=O) groups is 1. The molecule has 1 aliphatic carbocycles. The van der Waals surface area contributed by atoms with Gasteiger partial charge in [0.05, 0.1) is 5.56 Å². The van der Waals surface area contributed by atoms with Crippen molar-refractivity contribution in [1.82, 2.24) is 20.6 Å². The van der Waals surface area contributed by atoms with Crippen molar-refractivity contribution in [1.29, 1.82) is 0 Å². The summed E-state index contributed by atoms with van der Waals surface area (Å²) in [6.45, 7) is -1.43. The Hall–Kier alpha value is -2.46. The smallest absolute Gasteiger partial charge is 0.422 e. The van der Waals surface area contributed by atoms with Crippen molar-refractivity contribution < 1.29 is 22.7 Å². The van der Waals surface area contributed by atoms with Crippen LogP contribution in [-0.4, -0.2) is 40.9 Å². The molecule has 0 spiro atoms. The SMILES string of the molecule is CNN(C(=O)c1cnc(OCC(F)(F)F)c(C2CCCCC2)c1)c1ccc(Cl)nn1. The van der Waals surface area contributed by atoms with Gasteiger partial charge in [0.25, 0.3) is 5.91 Å². The standard InChI is InChI=1S/C19H21ClF3N5O2/c1-24-28(16-8-7-15(20)26-27-16)18(29)13-9-14(12-5-3-2-4-6-12)17(25-10-13)30-11-19(21,22)23/h7-10,12,24H,2-6,11H2,1H3. The molecular weight excluding hydrogens is 423 g/mol. The lowest BCUT2D eigenvalue weighted by Gasteiger charge is -2.25. The molecule has 0 saturated heterocycles. The third kappa shape index (κ3) is 5.57. The maximum Gasteiger partial charge on any atom is 0.422 e. The Balaban J connectivity index is 1.91. The second-order valence-electron chi connectivity index (χ2n) is 6.94. The van der Waals surface area contributed by atoms with E-state index in [-0.39, 0.29) is 28.3 Å².